The average molecular weight is 472 g/mol. The van der Waals surface area contributed by atoms with Crippen molar-refractivity contribution in [2.75, 3.05) is 43.5 Å². The fraction of sp³-hybridized carbons (Fsp3) is 0.480. The topological polar surface area (TPSA) is 78.9 Å². The minimum absolute atomic E-state index is 0.230. The molecule has 8 heteroatoms. The number of rotatable bonds is 7. The lowest BCUT2D eigenvalue weighted by atomic mass is 10.1. The number of methoxy groups -OCH3 is 1. The van der Waals surface area contributed by atoms with Crippen LogP contribution < -0.4 is 10.2 Å². The molecule has 0 aromatic heterocycles. The Balaban J connectivity index is 1.66. The van der Waals surface area contributed by atoms with E-state index in [1.165, 1.54) is 6.42 Å². The third kappa shape index (κ3) is 5.57. The molecule has 2 aliphatic rings. The Labute approximate surface area is 196 Å². The number of anilines is 2. The molecular weight excluding hydrogens is 438 g/mol. The molecule has 0 aliphatic carbocycles. The second-order valence-electron chi connectivity index (χ2n) is 8.78. The van der Waals surface area contributed by atoms with Crippen molar-refractivity contribution in [1.29, 1.82) is 0 Å². The predicted molar refractivity (Wildman–Crippen MR) is 130 cm³/mol. The Morgan fingerprint density at radius 1 is 0.939 bits per heavy atom. The van der Waals surface area contributed by atoms with Gasteiger partial charge in [0, 0.05) is 38.9 Å². The summed E-state index contributed by atoms with van der Waals surface area (Å²) in [6.07, 6.45) is 6.18. The normalized spacial score (nSPS) is 17.7. The van der Waals surface area contributed by atoms with Crippen molar-refractivity contribution in [2.45, 2.75) is 50.0 Å². The summed E-state index contributed by atoms with van der Waals surface area (Å²) in [6, 6.07) is 12.4. The number of carbonyl (C=O) groups excluding carboxylic acids is 1. The Morgan fingerprint density at radius 3 is 2.33 bits per heavy atom. The first-order valence-electron chi connectivity index (χ1n) is 11.8. The highest BCUT2D eigenvalue weighted by molar-refractivity contribution is 7.89. The van der Waals surface area contributed by atoms with Crippen LogP contribution in [-0.2, 0) is 21.4 Å². The van der Waals surface area contributed by atoms with Gasteiger partial charge >= 0.3 is 0 Å². The number of nitrogens with zero attached hydrogens (tertiary/aromatic N) is 2. The molecule has 2 fully saturated rings. The molecule has 7 nitrogen and oxygen atoms in total. The van der Waals surface area contributed by atoms with E-state index in [9.17, 15) is 13.2 Å². The monoisotopic (exact) mass is 471 g/mol. The van der Waals surface area contributed by atoms with Gasteiger partial charge in [0.1, 0.15) is 0 Å². The van der Waals surface area contributed by atoms with Gasteiger partial charge in [-0.2, -0.15) is 4.31 Å². The molecule has 0 saturated carbocycles. The highest BCUT2D eigenvalue weighted by atomic mass is 32.2. The van der Waals surface area contributed by atoms with E-state index in [4.69, 9.17) is 4.74 Å². The van der Waals surface area contributed by atoms with Crippen molar-refractivity contribution in [3.63, 3.8) is 0 Å². The fourth-order valence-corrected chi connectivity index (χ4v) is 6.15. The standard InChI is InChI=1S/C25H33N3O4S/c1-32-19-20-9-8-10-21(17-20)25(29)26-23-18-22(33(30,31)28-15-6-3-7-16-28)11-12-24(23)27-13-4-2-5-14-27/h8-12,17-18H,2-7,13-16,19H2,1H3,(H,26,29). The first-order chi connectivity index (χ1) is 16.0. The summed E-state index contributed by atoms with van der Waals surface area (Å²) >= 11 is 0. The van der Waals surface area contributed by atoms with Crippen LogP contribution in [0.25, 0.3) is 0 Å². The van der Waals surface area contributed by atoms with Crippen molar-refractivity contribution in [3.8, 4) is 0 Å². The van der Waals surface area contributed by atoms with E-state index in [1.807, 2.05) is 18.2 Å². The van der Waals surface area contributed by atoms with Gasteiger partial charge in [0.25, 0.3) is 5.91 Å². The second kappa shape index (κ2) is 10.7. The van der Waals surface area contributed by atoms with Crippen LogP contribution >= 0.6 is 0 Å². The van der Waals surface area contributed by atoms with Gasteiger partial charge in [0.2, 0.25) is 10.0 Å². The maximum absolute atomic E-state index is 13.3. The first kappa shape index (κ1) is 23.7. The summed E-state index contributed by atoms with van der Waals surface area (Å²) < 4.78 is 33.3. The van der Waals surface area contributed by atoms with Crippen molar-refractivity contribution in [1.82, 2.24) is 4.31 Å². The Kier molecular flexibility index (Phi) is 7.67. The number of benzene rings is 2. The van der Waals surface area contributed by atoms with Crippen LogP contribution in [0.3, 0.4) is 0 Å². The molecule has 1 amide bonds. The van der Waals surface area contributed by atoms with E-state index in [0.717, 1.165) is 56.4 Å². The van der Waals surface area contributed by atoms with Crippen LogP contribution in [0, 0.1) is 0 Å². The molecule has 2 saturated heterocycles. The molecule has 4 rings (SSSR count). The maximum Gasteiger partial charge on any atom is 0.255 e. The van der Waals surface area contributed by atoms with Crippen LogP contribution in [0.15, 0.2) is 47.4 Å². The van der Waals surface area contributed by atoms with Gasteiger partial charge in [-0.15, -0.1) is 0 Å². The van der Waals surface area contributed by atoms with Crippen LogP contribution in [0.1, 0.15) is 54.4 Å². The molecular formula is C25H33N3O4S. The van der Waals surface area contributed by atoms with E-state index in [0.29, 0.717) is 30.9 Å². The number of hydrogen-bond donors (Lipinski definition) is 1. The van der Waals surface area contributed by atoms with E-state index in [-0.39, 0.29) is 10.8 Å². The molecule has 33 heavy (non-hydrogen) atoms. The molecule has 0 atom stereocenters. The largest absolute Gasteiger partial charge is 0.380 e. The number of nitrogens with one attached hydrogen (secondary N) is 1. The minimum atomic E-state index is -3.60. The lowest BCUT2D eigenvalue weighted by Gasteiger charge is -2.31. The van der Waals surface area contributed by atoms with E-state index in [2.05, 4.69) is 10.2 Å². The molecule has 2 aromatic carbocycles. The molecule has 0 spiro atoms. The van der Waals surface area contributed by atoms with Crippen LogP contribution in [0.2, 0.25) is 0 Å². The van der Waals surface area contributed by atoms with Crippen LogP contribution in [0.4, 0.5) is 11.4 Å². The van der Waals surface area contributed by atoms with E-state index >= 15 is 0 Å². The lowest BCUT2D eigenvalue weighted by molar-refractivity contribution is 0.102. The Morgan fingerprint density at radius 2 is 1.64 bits per heavy atom. The summed E-state index contributed by atoms with van der Waals surface area (Å²) in [7, 11) is -1.98. The highest BCUT2D eigenvalue weighted by Crippen LogP contribution is 2.33. The van der Waals surface area contributed by atoms with Gasteiger partial charge in [-0.1, -0.05) is 18.6 Å². The zero-order valence-electron chi connectivity index (χ0n) is 19.3. The minimum Gasteiger partial charge on any atom is -0.380 e. The van der Waals surface area contributed by atoms with Gasteiger partial charge in [0.15, 0.2) is 0 Å². The smallest absolute Gasteiger partial charge is 0.255 e. The molecule has 178 valence electrons. The quantitative estimate of drug-likeness (QED) is 0.653. The van der Waals surface area contributed by atoms with Crippen molar-refractivity contribution in [2.24, 2.45) is 0 Å². The van der Waals surface area contributed by atoms with Gasteiger partial charge < -0.3 is 15.0 Å². The van der Waals surface area contributed by atoms with Crippen LogP contribution in [-0.4, -0.2) is 51.9 Å². The number of hydrogen-bond acceptors (Lipinski definition) is 5. The molecule has 2 aromatic rings. The van der Waals surface area contributed by atoms with Crippen LogP contribution in [0.5, 0.6) is 0 Å². The SMILES string of the molecule is COCc1cccc(C(=O)Nc2cc(S(=O)(=O)N3CCCCC3)ccc2N2CCCCC2)c1. The maximum atomic E-state index is 13.3. The zero-order valence-corrected chi connectivity index (χ0v) is 20.1. The zero-order chi connectivity index (χ0) is 23.3. The van der Waals surface area contributed by atoms with Gasteiger partial charge in [-0.25, -0.2) is 8.42 Å². The summed E-state index contributed by atoms with van der Waals surface area (Å²) in [5.74, 6) is -0.265. The molecule has 1 N–H and O–H groups in total. The lowest BCUT2D eigenvalue weighted by Crippen LogP contribution is -2.35. The second-order valence-corrected chi connectivity index (χ2v) is 10.7. The number of amides is 1. The number of ether oxygens (including phenoxy) is 1. The number of carbonyl (C=O) groups is 1. The first-order valence-corrected chi connectivity index (χ1v) is 13.2. The van der Waals surface area contributed by atoms with Crippen molar-refractivity contribution < 1.29 is 17.9 Å². The van der Waals surface area contributed by atoms with Crippen molar-refractivity contribution >= 4 is 27.3 Å². The predicted octanol–water partition coefficient (Wildman–Crippen LogP) is 4.25. The van der Waals surface area contributed by atoms with Gasteiger partial charge in [0.05, 0.1) is 22.9 Å². The third-order valence-electron chi connectivity index (χ3n) is 6.37. The van der Waals surface area contributed by atoms with Gasteiger partial charge in [-0.3, -0.25) is 4.79 Å². The van der Waals surface area contributed by atoms with Gasteiger partial charge in [-0.05, 0) is 68.0 Å². The highest BCUT2D eigenvalue weighted by Gasteiger charge is 2.27. The summed E-state index contributed by atoms with van der Waals surface area (Å²) in [5, 5.41) is 3.00. The fourth-order valence-electron chi connectivity index (χ4n) is 4.60. The average Bonchev–Trinajstić information content (AvgIpc) is 2.85. The number of piperidine rings is 2. The molecule has 2 aliphatic heterocycles. The number of sulfonamides is 1. The summed E-state index contributed by atoms with van der Waals surface area (Å²) in [4.78, 5) is 15.6. The van der Waals surface area contributed by atoms with E-state index in [1.54, 1.807) is 35.7 Å². The van der Waals surface area contributed by atoms with E-state index < -0.39 is 10.0 Å². The molecule has 0 radical (unpaired) electrons. The summed E-state index contributed by atoms with van der Waals surface area (Å²) in [5.41, 5.74) is 2.83. The Bertz CT molecular complexity index is 1070. The van der Waals surface area contributed by atoms with Crippen molar-refractivity contribution in [3.05, 3.63) is 53.6 Å². The summed E-state index contributed by atoms with van der Waals surface area (Å²) in [6.45, 7) is 3.30. The molecule has 2 heterocycles. The molecule has 0 bridgehead atoms. The molecule has 0 unspecified atom stereocenters. The third-order valence-corrected chi connectivity index (χ3v) is 8.26. The Hall–Kier alpha value is -2.42.